The summed E-state index contributed by atoms with van der Waals surface area (Å²) in [5.41, 5.74) is 3.18. The quantitative estimate of drug-likeness (QED) is 0.869. The first kappa shape index (κ1) is 15.2. The molecule has 2 aromatic rings. The van der Waals surface area contributed by atoms with Crippen LogP contribution in [-0.2, 0) is 4.79 Å². The number of methoxy groups -OCH3 is 1. The van der Waals surface area contributed by atoms with E-state index < -0.39 is 0 Å². The Morgan fingerprint density at radius 1 is 1.09 bits per heavy atom. The molecule has 0 atom stereocenters. The van der Waals surface area contributed by atoms with Gasteiger partial charge in [0, 0.05) is 22.4 Å². The van der Waals surface area contributed by atoms with Gasteiger partial charge in [0.15, 0.2) is 11.5 Å². The standard InChI is InChI=1S/C19H19NO3/c1-12(2)23-18-13(7-6-10-17(18)22-3)11-15-14-8-4-5-9-16(14)20-19(15)21/h4-12H,1-3H3,(H,20,21)/b15-11-. The van der Waals surface area contributed by atoms with E-state index >= 15 is 0 Å². The summed E-state index contributed by atoms with van der Waals surface area (Å²) in [6, 6.07) is 13.3. The number of hydrogen-bond acceptors (Lipinski definition) is 3. The second-order valence-electron chi connectivity index (χ2n) is 5.60. The molecule has 4 nitrogen and oxygen atoms in total. The highest BCUT2D eigenvalue weighted by atomic mass is 16.5. The van der Waals surface area contributed by atoms with E-state index in [-0.39, 0.29) is 12.0 Å². The Balaban J connectivity index is 2.11. The monoisotopic (exact) mass is 309 g/mol. The smallest absolute Gasteiger partial charge is 0.256 e. The van der Waals surface area contributed by atoms with Crippen LogP contribution in [0.3, 0.4) is 0 Å². The predicted molar refractivity (Wildman–Crippen MR) is 91.7 cm³/mol. The van der Waals surface area contributed by atoms with Crippen LogP contribution >= 0.6 is 0 Å². The molecule has 118 valence electrons. The van der Waals surface area contributed by atoms with Crippen molar-refractivity contribution >= 4 is 23.2 Å². The Hall–Kier alpha value is -2.75. The Bertz CT molecular complexity index is 778. The average Bonchev–Trinajstić information content (AvgIpc) is 2.84. The molecule has 1 N–H and O–H groups in total. The zero-order valence-corrected chi connectivity index (χ0v) is 13.4. The van der Waals surface area contributed by atoms with Gasteiger partial charge in [-0.3, -0.25) is 4.79 Å². The molecule has 0 aromatic heterocycles. The normalized spacial score (nSPS) is 14.8. The summed E-state index contributed by atoms with van der Waals surface area (Å²) in [6.45, 7) is 3.92. The molecular weight excluding hydrogens is 290 g/mol. The molecule has 1 heterocycles. The lowest BCUT2D eigenvalue weighted by Gasteiger charge is -2.16. The van der Waals surface area contributed by atoms with E-state index in [1.54, 1.807) is 7.11 Å². The molecule has 0 bridgehead atoms. The number of hydrogen-bond donors (Lipinski definition) is 1. The van der Waals surface area contributed by atoms with Crippen LogP contribution in [0.25, 0.3) is 11.6 Å². The van der Waals surface area contributed by atoms with Gasteiger partial charge in [-0.15, -0.1) is 0 Å². The fraction of sp³-hybridized carbons (Fsp3) is 0.211. The van der Waals surface area contributed by atoms with Gasteiger partial charge < -0.3 is 14.8 Å². The van der Waals surface area contributed by atoms with Gasteiger partial charge in [0.05, 0.1) is 13.2 Å². The van der Waals surface area contributed by atoms with Crippen molar-refractivity contribution in [3.8, 4) is 11.5 Å². The van der Waals surface area contributed by atoms with E-state index in [0.717, 1.165) is 16.8 Å². The van der Waals surface area contributed by atoms with Crippen LogP contribution in [-0.4, -0.2) is 19.1 Å². The molecule has 0 unspecified atom stereocenters. The first-order valence-corrected chi connectivity index (χ1v) is 7.56. The first-order chi connectivity index (χ1) is 11.1. The van der Waals surface area contributed by atoms with Crippen LogP contribution in [0.15, 0.2) is 42.5 Å². The maximum Gasteiger partial charge on any atom is 0.256 e. The van der Waals surface area contributed by atoms with Gasteiger partial charge in [0.25, 0.3) is 5.91 Å². The van der Waals surface area contributed by atoms with Crippen LogP contribution in [0, 0.1) is 0 Å². The molecule has 0 saturated carbocycles. The van der Waals surface area contributed by atoms with Gasteiger partial charge in [0.2, 0.25) is 0 Å². The number of fused-ring (bicyclic) bond motifs is 1. The van der Waals surface area contributed by atoms with Gasteiger partial charge in [-0.25, -0.2) is 0 Å². The highest BCUT2D eigenvalue weighted by Gasteiger charge is 2.24. The second kappa shape index (κ2) is 6.16. The summed E-state index contributed by atoms with van der Waals surface area (Å²) in [5.74, 6) is 1.19. The molecule has 0 radical (unpaired) electrons. The third kappa shape index (κ3) is 2.93. The Morgan fingerprint density at radius 2 is 1.87 bits per heavy atom. The van der Waals surface area contributed by atoms with Crippen molar-refractivity contribution in [1.29, 1.82) is 0 Å². The molecular formula is C19H19NO3. The number of ether oxygens (including phenoxy) is 2. The highest BCUT2D eigenvalue weighted by Crippen LogP contribution is 2.37. The molecule has 2 aromatic carbocycles. The van der Waals surface area contributed by atoms with Crippen molar-refractivity contribution in [3.63, 3.8) is 0 Å². The lowest BCUT2D eigenvalue weighted by atomic mass is 10.0. The Kier molecular flexibility index (Phi) is 4.06. The van der Waals surface area contributed by atoms with Crippen LogP contribution in [0.1, 0.15) is 25.0 Å². The summed E-state index contributed by atoms with van der Waals surface area (Å²) in [4.78, 5) is 12.3. The minimum Gasteiger partial charge on any atom is -0.493 e. The van der Waals surface area contributed by atoms with E-state index in [4.69, 9.17) is 9.47 Å². The second-order valence-corrected chi connectivity index (χ2v) is 5.60. The van der Waals surface area contributed by atoms with Crippen molar-refractivity contribution in [1.82, 2.24) is 0 Å². The molecule has 0 spiro atoms. The molecule has 23 heavy (non-hydrogen) atoms. The van der Waals surface area contributed by atoms with Crippen LogP contribution in [0.2, 0.25) is 0 Å². The zero-order valence-electron chi connectivity index (χ0n) is 13.4. The van der Waals surface area contributed by atoms with E-state index in [0.29, 0.717) is 17.1 Å². The third-order valence-corrected chi connectivity index (χ3v) is 3.59. The Morgan fingerprint density at radius 3 is 2.61 bits per heavy atom. The van der Waals surface area contributed by atoms with E-state index in [9.17, 15) is 4.79 Å². The topological polar surface area (TPSA) is 47.6 Å². The average molecular weight is 309 g/mol. The SMILES string of the molecule is COc1cccc(/C=C2\C(=O)Nc3ccccc32)c1OC(C)C. The van der Waals surface area contributed by atoms with Gasteiger partial charge in [-0.2, -0.15) is 0 Å². The summed E-state index contributed by atoms with van der Waals surface area (Å²) >= 11 is 0. The van der Waals surface area contributed by atoms with Crippen molar-refractivity contribution in [2.75, 3.05) is 12.4 Å². The van der Waals surface area contributed by atoms with Crippen LogP contribution in [0.4, 0.5) is 5.69 Å². The minimum atomic E-state index is -0.107. The fourth-order valence-electron chi connectivity index (χ4n) is 2.61. The number of anilines is 1. The number of amides is 1. The molecule has 1 aliphatic rings. The first-order valence-electron chi connectivity index (χ1n) is 7.56. The maximum absolute atomic E-state index is 12.3. The third-order valence-electron chi connectivity index (χ3n) is 3.59. The summed E-state index contributed by atoms with van der Waals surface area (Å²) in [5, 5.41) is 2.88. The number of para-hydroxylation sites is 2. The van der Waals surface area contributed by atoms with Gasteiger partial charge in [-0.1, -0.05) is 30.3 Å². The lowest BCUT2D eigenvalue weighted by Crippen LogP contribution is -2.08. The van der Waals surface area contributed by atoms with Crippen molar-refractivity contribution in [2.45, 2.75) is 20.0 Å². The Labute approximate surface area is 135 Å². The molecule has 0 saturated heterocycles. The van der Waals surface area contributed by atoms with Crippen LogP contribution in [0.5, 0.6) is 11.5 Å². The van der Waals surface area contributed by atoms with E-state index in [1.807, 2.05) is 62.4 Å². The van der Waals surface area contributed by atoms with Gasteiger partial charge in [-0.05, 0) is 32.1 Å². The lowest BCUT2D eigenvalue weighted by molar-refractivity contribution is -0.110. The summed E-state index contributed by atoms with van der Waals surface area (Å²) < 4.78 is 11.3. The molecule has 4 heteroatoms. The molecule has 3 rings (SSSR count). The van der Waals surface area contributed by atoms with E-state index in [1.165, 1.54) is 0 Å². The van der Waals surface area contributed by atoms with Crippen LogP contribution < -0.4 is 14.8 Å². The highest BCUT2D eigenvalue weighted by molar-refractivity contribution is 6.35. The molecule has 0 aliphatic carbocycles. The predicted octanol–water partition coefficient (Wildman–Crippen LogP) is 3.98. The van der Waals surface area contributed by atoms with Crippen molar-refractivity contribution < 1.29 is 14.3 Å². The summed E-state index contributed by atoms with van der Waals surface area (Å²) in [6.07, 6.45) is 1.86. The number of rotatable bonds is 4. The molecule has 0 fully saturated rings. The maximum atomic E-state index is 12.3. The fourth-order valence-corrected chi connectivity index (χ4v) is 2.61. The number of carbonyl (C=O) groups is 1. The number of benzene rings is 2. The van der Waals surface area contributed by atoms with Gasteiger partial charge >= 0.3 is 0 Å². The van der Waals surface area contributed by atoms with E-state index in [2.05, 4.69) is 5.32 Å². The largest absolute Gasteiger partial charge is 0.493 e. The van der Waals surface area contributed by atoms with Crippen molar-refractivity contribution in [3.05, 3.63) is 53.6 Å². The van der Waals surface area contributed by atoms with Gasteiger partial charge in [0.1, 0.15) is 0 Å². The molecule has 1 aliphatic heterocycles. The van der Waals surface area contributed by atoms with Crippen molar-refractivity contribution in [2.24, 2.45) is 0 Å². The number of carbonyl (C=O) groups excluding carboxylic acids is 1. The number of nitrogens with one attached hydrogen (secondary N) is 1. The molecule has 1 amide bonds. The summed E-state index contributed by atoms with van der Waals surface area (Å²) in [7, 11) is 1.61. The zero-order chi connectivity index (χ0) is 16.4. The minimum absolute atomic E-state index is 0.00754.